The Bertz CT molecular complexity index is 3910. The van der Waals surface area contributed by atoms with E-state index in [1.54, 1.807) is 0 Å². The molecular formula is C60H37N5OPt-2. The molecule has 4 heterocycles. The molecule has 0 radical (unpaired) electrons. The standard InChI is InChI=1S/C60H37N5O.Pt/c1-4-18-41(19-5-1)47-28-17-29-48(42-20-6-2-7-21-42)60(47)63-40-62(55-32-14-15-33-56(55)63)44-24-16-25-45(36-44)66-46-34-35-51-49-26-10-13-31-54(49)65(57(51)37-46)59-38-58-52(39-61-59)50-27-11-12-30-53(50)64(58)43-22-8-3-9-23-43;/h1-35,38-39H;/q-2;. The second-order valence-corrected chi connectivity index (χ2v) is 16.4. The maximum absolute atomic E-state index is 6.70. The molecule has 7 heteroatoms. The Balaban J connectivity index is 0.00000468. The molecule has 13 aromatic rings. The average Bonchev–Trinajstić information content (AvgIpc) is 4.04. The van der Waals surface area contributed by atoms with Crippen LogP contribution in [-0.4, -0.2) is 18.7 Å². The van der Waals surface area contributed by atoms with Crippen molar-refractivity contribution >= 4 is 54.6 Å². The van der Waals surface area contributed by atoms with Crippen molar-refractivity contribution in [3.05, 3.63) is 243 Å². The minimum Gasteiger partial charge on any atom is -0.510 e. The predicted molar refractivity (Wildman–Crippen MR) is 265 cm³/mol. The van der Waals surface area contributed by atoms with Crippen molar-refractivity contribution in [2.75, 3.05) is 0 Å². The summed E-state index contributed by atoms with van der Waals surface area (Å²) in [6, 6.07) is 83.1. The van der Waals surface area contributed by atoms with Gasteiger partial charge in [0.2, 0.25) is 0 Å². The number of benzene rings is 9. The summed E-state index contributed by atoms with van der Waals surface area (Å²) in [4.78, 5) is 5.13. The van der Waals surface area contributed by atoms with Crippen molar-refractivity contribution in [3.63, 3.8) is 0 Å². The van der Waals surface area contributed by atoms with Crippen LogP contribution in [0.25, 0.3) is 99.8 Å². The monoisotopic (exact) mass is 1040 g/mol. The molecule has 0 amide bonds. The summed E-state index contributed by atoms with van der Waals surface area (Å²) < 4.78 is 15.5. The maximum atomic E-state index is 6.70. The van der Waals surface area contributed by atoms with E-state index >= 15 is 0 Å². The molecule has 67 heavy (non-hydrogen) atoms. The summed E-state index contributed by atoms with van der Waals surface area (Å²) in [7, 11) is 0. The SMILES string of the molecule is [Pt].[c-]1c(Oc2[c-]c3c(cc2)c2ccccc2n3-c2cc3c(cn2)c2ccccc2n3-c2ccccc2)cccc1-n1[c-][n+](-c2c(-c3ccccc3)cccc2-c2ccccc2)c2ccccc21. The zero-order valence-electron chi connectivity index (χ0n) is 35.8. The molecule has 0 aliphatic heterocycles. The molecule has 0 bridgehead atoms. The molecule has 0 saturated carbocycles. The van der Waals surface area contributed by atoms with Gasteiger partial charge in [-0.15, -0.1) is 29.7 Å². The number of para-hydroxylation sites is 6. The van der Waals surface area contributed by atoms with Crippen LogP contribution in [0.5, 0.6) is 11.5 Å². The fraction of sp³-hybridized carbons (Fsp3) is 0. The molecule has 0 aliphatic rings. The normalized spacial score (nSPS) is 11.5. The third kappa shape index (κ3) is 6.76. The van der Waals surface area contributed by atoms with E-state index in [1.165, 1.54) is 0 Å². The molecule has 320 valence electrons. The van der Waals surface area contributed by atoms with Gasteiger partial charge in [0.05, 0.1) is 27.8 Å². The van der Waals surface area contributed by atoms with E-state index in [4.69, 9.17) is 9.72 Å². The van der Waals surface area contributed by atoms with Crippen LogP contribution in [0.2, 0.25) is 0 Å². The van der Waals surface area contributed by atoms with Crippen molar-refractivity contribution < 1.29 is 30.4 Å². The van der Waals surface area contributed by atoms with E-state index in [2.05, 4.69) is 231 Å². The van der Waals surface area contributed by atoms with E-state index < -0.39 is 0 Å². The summed E-state index contributed by atoms with van der Waals surface area (Å²) in [5.74, 6) is 1.92. The van der Waals surface area contributed by atoms with Gasteiger partial charge in [-0.3, -0.25) is 4.57 Å². The number of fused-ring (bicyclic) bond motifs is 7. The van der Waals surface area contributed by atoms with Gasteiger partial charge in [-0.2, -0.15) is 18.2 Å². The number of aromatic nitrogens is 5. The Kier molecular flexibility index (Phi) is 9.96. The number of rotatable bonds is 8. The first-order valence-electron chi connectivity index (χ1n) is 22.1. The van der Waals surface area contributed by atoms with Crippen LogP contribution in [0.1, 0.15) is 0 Å². The van der Waals surface area contributed by atoms with E-state index in [-0.39, 0.29) is 21.1 Å². The summed E-state index contributed by atoms with van der Waals surface area (Å²) >= 11 is 0. The van der Waals surface area contributed by atoms with Gasteiger partial charge in [0.1, 0.15) is 5.82 Å². The molecule has 4 aromatic heterocycles. The smallest absolute Gasteiger partial charge is 0.268 e. The van der Waals surface area contributed by atoms with E-state index in [0.29, 0.717) is 11.5 Å². The van der Waals surface area contributed by atoms with Crippen molar-refractivity contribution in [2.24, 2.45) is 0 Å². The van der Waals surface area contributed by atoms with E-state index in [0.717, 1.165) is 99.8 Å². The summed E-state index contributed by atoms with van der Waals surface area (Å²) in [5.41, 5.74) is 13.5. The molecule has 0 fully saturated rings. The topological polar surface area (TPSA) is 40.8 Å². The van der Waals surface area contributed by atoms with Gasteiger partial charge < -0.3 is 18.4 Å². The number of hydrogen-bond acceptors (Lipinski definition) is 2. The number of imidazole rings is 1. The maximum Gasteiger partial charge on any atom is 0.268 e. The Labute approximate surface area is 401 Å². The quantitative estimate of drug-likeness (QED) is 0.112. The summed E-state index contributed by atoms with van der Waals surface area (Å²) in [6.45, 7) is 0. The predicted octanol–water partition coefficient (Wildman–Crippen LogP) is 14.0. The molecule has 6 nitrogen and oxygen atoms in total. The number of hydrogen-bond donors (Lipinski definition) is 0. The molecule has 0 aliphatic carbocycles. The number of nitrogens with zero attached hydrogens (tertiary/aromatic N) is 5. The third-order valence-electron chi connectivity index (χ3n) is 12.6. The van der Waals surface area contributed by atoms with Crippen LogP contribution < -0.4 is 9.30 Å². The molecular weight excluding hydrogens is 1000 g/mol. The third-order valence-corrected chi connectivity index (χ3v) is 12.6. The van der Waals surface area contributed by atoms with Crippen LogP contribution in [0.4, 0.5) is 0 Å². The average molecular weight is 1040 g/mol. The summed E-state index contributed by atoms with van der Waals surface area (Å²) in [6.07, 6.45) is 5.76. The Morgan fingerprint density at radius 2 is 1.03 bits per heavy atom. The van der Waals surface area contributed by atoms with Crippen molar-refractivity contribution in [1.29, 1.82) is 0 Å². The van der Waals surface area contributed by atoms with Gasteiger partial charge in [-0.05, 0) is 57.6 Å². The van der Waals surface area contributed by atoms with E-state index in [9.17, 15) is 0 Å². The Morgan fingerprint density at radius 3 is 1.75 bits per heavy atom. The van der Waals surface area contributed by atoms with Crippen LogP contribution in [0.15, 0.2) is 225 Å². The fourth-order valence-corrected chi connectivity index (χ4v) is 9.64. The van der Waals surface area contributed by atoms with Crippen LogP contribution >= 0.6 is 0 Å². The van der Waals surface area contributed by atoms with Gasteiger partial charge in [0.25, 0.3) is 6.33 Å². The van der Waals surface area contributed by atoms with Crippen molar-refractivity contribution in [3.8, 4) is 56.6 Å². The molecule has 13 rings (SSSR count). The van der Waals surface area contributed by atoms with Crippen LogP contribution in [-0.2, 0) is 21.1 Å². The number of ether oxygens (including phenoxy) is 1. The molecule has 0 saturated heterocycles. The zero-order valence-corrected chi connectivity index (χ0v) is 38.1. The molecule has 0 unspecified atom stereocenters. The Morgan fingerprint density at radius 1 is 0.448 bits per heavy atom. The molecule has 9 aromatic carbocycles. The molecule has 0 spiro atoms. The van der Waals surface area contributed by atoms with Gasteiger partial charge in [0, 0.05) is 66.8 Å². The minimum atomic E-state index is 0. The zero-order chi connectivity index (χ0) is 43.6. The van der Waals surface area contributed by atoms with Gasteiger partial charge in [-0.25, -0.2) is 4.98 Å². The van der Waals surface area contributed by atoms with Crippen LogP contribution in [0, 0.1) is 18.5 Å². The second-order valence-electron chi connectivity index (χ2n) is 16.4. The molecule has 0 N–H and O–H groups in total. The first-order chi connectivity index (χ1) is 32.7. The largest absolute Gasteiger partial charge is 0.510 e. The second kappa shape index (κ2) is 16.6. The Hall–Kier alpha value is -8.31. The van der Waals surface area contributed by atoms with Crippen molar-refractivity contribution in [2.45, 2.75) is 0 Å². The minimum absolute atomic E-state index is 0. The molecule has 0 atom stereocenters. The van der Waals surface area contributed by atoms with E-state index in [1.807, 2.05) is 30.5 Å². The summed E-state index contributed by atoms with van der Waals surface area (Å²) in [5, 5.41) is 4.43. The van der Waals surface area contributed by atoms with Gasteiger partial charge in [0.15, 0.2) is 0 Å². The van der Waals surface area contributed by atoms with Crippen LogP contribution in [0.3, 0.4) is 0 Å². The van der Waals surface area contributed by atoms with Gasteiger partial charge >= 0.3 is 0 Å². The first kappa shape index (κ1) is 40.2. The fourth-order valence-electron chi connectivity index (χ4n) is 9.64. The first-order valence-corrected chi connectivity index (χ1v) is 22.1. The van der Waals surface area contributed by atoms with Gasteiger partial charge in [-0.1, -0.05) is 163 Å². The number of pyridine rings is 1. The van der Waals surface area contributed by atoms with Crippen molar-refractivity contribution in [1.82, 2.24) is 18.7 Å².